The standard InChI is InChI=1S/C7H12O2/c1-4-5-6-7(2)9-8-3/h5-6H,2,4H2,1,3H3/b6-5+. The monoisotopic (exact) mass is 128 g/mol. The molecule has 52 valence electrons. The van der Waals surface area contributed by atoms with Gasteiger partial charge in [0.1, 0.15) is 0 Å². The van der Waals surface area contributed by atoms with E-state index >= 15 is 0 Å². The van der Waals surface area contributed by atoms with Crippen LogP contribution >= 0.6 is 0 Å². The Balaban J connectivity index is 3.37. The van der Waals surface area contributed by atoms with E-state index in [-0.39, 0.29) is 0 Å². The summed E-state index contributed by atoms with van der Waals surface area (Å²) in [5, 5.41) is 0. The molecule has 0 bridgehead atoms. The van der Waals surface area contributed by atoms with Crippen LogP contribution in [0.2, 0.25) is 0 Å². The van der Waals surface area contributed by atoms with Crippen molar-refractivity contribution >= 4 is 0 Å². The summed E-state index contributed by atoms with van der Waals surface area (Å²) in [6, 6.07) is 0. The maximum Gasteiger partial charge on any atom is 0.157 e. The van der Waals surface area contributed by atoms with E-state index in [0.29, 0.717) is 5.76 Å². The summed E-state index contributed by atoms with van der Waals surface area (Å²) in [5.74, 6) is 0.527. The van der Waals surface area contributed by atoms with Crippen molar-refractivity contribution in [2.24, 2.45) is 0 Å². The van der Waals surface area contributed by atoms with E-state index in [4.69, 9.17) is 0 Å². The minimum Gasteiger partial charge on any atom is -0.339 e. The van der Waals surface area contributed by atoms with Crippen LogP contribution in [0.15, 0.2) is 24.5 Å². The minimum absolute atomic E-state index is 0.527. The molecular formula is C7H12O2. The molecule has 2 heteroatoms. The Kier molecular flexibility index (Phi) is 4.92. The van der Waals surface area contributed by atoms with Gasteiger partial charge in [0.05, 0.1) is 7.11 Å². The molecule has 0 saturated heterocycles. The predicted octanol–water partition coefficient (Wildman–Crippen LogP) is 2.04. The second-order valence-electron chi connectivity index (χ2n) is 1.53. The first-order valence-electron chi connectivity index (χ1n) is 2.87. The third kappa shape index (κ3) is 5.11. The summed E-state index contributed by atoms with van der Waals surface area (Å²) in [6.07, 6.45) is 4.69. The fourth-order valence-electron chi connectivity index (χ4n) is 0.384. The lowest BCUT2D eigenvalue weighted by atomic mass is 10.4. The third-order valence-electron chi connectivity index (χ3n) is 0.730. The van der Waals surface area contributed by atoms with E-state index in [1.54, 1.807) is 6.08 Å². The van der Waals surface area contributed by atoms with Crippen molar-refractivity contribution < 1.29 is 9.78 Å². The zero-order valence-corrected chi connectivity index (χ0v) is 5.89. The van der Waals surface area contributed by atoms with Gasteiger partial charge in [0, 0.05) is 0 Å². The number of hydrogen-bond donors (Lipinski definition) is 0. The van der Waals surface area contributed by atoms with Gasteiger partial charge in [-0.3, -0.25) is 0 Å². The SMILES string of the molecule is C=C(/C=C/CC)OOC. The van der Waals surface area contributed by atoms with Crippen LogP contribution in [0.25, 0.3) is 0 Å². The molecule has 0 aliphatic heterocycles. The fraction of sp³-hybridized carbons (Fsp3) is 0.429. The van der Waals surface area contributed by atoms with Gasteiger partial charge in [-0.2, -0.15) is 4.89 Å². The lowest BCUT2D eigenvalue weighted by Gasteiger charge is -1.96. The Labute approximate surface area is 55.7 Å². The lowest BCUT2D eigenvalue weighted by Crippen LogP contribution is -1.83. The zero-order valence-electron chi connectivity index (χ0n) is 5.89. The van der Waals surface area contributed by atoms with Gasteiger partial charge < -0.3 is 4.89 Å². The van der Waals surface area contributed by atoms with Gasteiger partial charge >= 0.3 is 0 Å². The topological polar surface area (TPSA) is 18.5 Å². The average molecular weight is 128 g/mol. The van der Waals surface area contributed by atoms with Gasteiger partial charge in [-0.15, -0.1) is 0 Å². The second-order valence-corrected chi connectivity index (χ2v) is 1.53. The van der Waals surface area contributed by atoms with E-state index < -0.39 is 0 Å². The summed E-state index contributed by atoms with van der Waals surface area (Å²) in [6.45, 7) is 5.59. The molecule has 0 amide bonds. The van der Waals surface area contributed by atoms with Gasteiger partial charge in [0.2, 0.25) is 0 Å². The van der Waals surface area contributed by atoms with Crippen molar-refractivity contribution in [3.05, 3.63) is 24.5 Å². The van der Waals surface area contributed by atoms with E-state index in [2.05, 4.69) is 16.4 Å². The van der Waals surface area contributed by atoms with Crippen LogP contribution in [0.3, 0.4) is 0 Å². The van der Waals surface area contributed by atoms with Gasteiger partial charge in [-0.25, -0.2) is 0 Å². The molecule has 0 aromatic rings. The van der Waals surface area contributed by atoms with Crippen LogP contribution in [-0.2, 0) is 9.78 Å². The van der Waals surface area contributed by atoms with E-state index in [0.717, 1.165) is 6.42 Å². The third-order valence-corrected chi connectivity index (χ3v) is 0.730. The van der Waals surface area contributed by atoms with Crippen LogP contribution in [-0.4, -0.2) is 7.11 Å². The van der Waals surface area contributed by atoms with Crippen molar-refractivity contribution in [3.63, 3.8) is 0 Å². The number of hydrogen-bond acceptors (Lipinski definition) is 2. The van der Waals surface area contributed by atoms with Crippen molar-refractivity contribution in [3.8, 4) is 0 Å². The molecule has 0 N–H and O–H groups in total. The Morgan fingerprint density at radius 1 is 1.67 bits per heavy atom. The quantitative estimate of drug-likeness (QED) is 0.249. The number of allylic oxidation sites excluding steroid dienone is 2. The molecule has 0 heterocycles. The first-order valence-corrected chi connectivity index (χ1v) is 2.87. The van der Waals surface area contributed by atoms with E-state index in [1.165, 1.54) is 7.11 Å². The predicted molar refractivity (Wildman–Crippen MR) is 36.7 cm³/mol. The highest BCUT2D eigenvalue weighted by atomic mass is 17.2. The first kappa shape index (κ1) is 8.24. The minimum atomic E-state index is 0.527. The molecule has 0 unspecified atom stereocenters. The average Bonchev–Trinajstić information content (AvgIpc) is 1.85. The van der Waals surface area contributed by atoms with Crippen LogP contribution in [0, 0.1) is 0 Å². The molecule has 0 radical (unpaired) electrons. The van der Waals surface area contributed by atoms with Crippen molar-refractivity contribution in [1.29, 1.82) is 0 Å². The van der Waals surface area contributed by atoms with Crippen molar-refractivity contribution in [2.45, 2.75) is 13.3 Å². The maximum absolute atomic E-state index is 4.56. The summed E-state index contributed by atoms with van der Waals surface area (Å²) >= 11 is 0. The lowest BCUT2D eigenvalue weighted by molar-refractivity contribution is -0.232. The highest BCUT2D eigenvalue weighted by Crippen LogP contribution is 1.95. The largest absolute Gasteiger partial charge is 0.339 e. The highest BCUT2D eigenvalue weighted by Gasteiger charge is 1.82. The van der Waals surface area contributed by atoms with Crippen LogP contribution in [0.4, 0.5) is 0 Å². The van der Waals surface area contributed by atoms with E-state index in [1.807, 2.05) is 13.0 Å². The van der Waals surface area contributed by atoms with Gasteiger partial charge in [-0.05, 0) is 12.5 Å². The highest BCUT2D eigenvalue weighted by molar-refractivity contribution is 5.05. The Morgan fingerprint density at radius 3 is 2.78 bits per heavy atom. The molecule has 0 aliphatic rings. The maximum atomic E-state index is 4.56. The molecule has 0 aromatic heterocycles. The Morgan fingerprint density at radius 2 is 2.33 bits per heavy atom. The molecule has 9 heavy (non-hydrogen) atoms. The van der Waals surface area contributed by atoms with Crippen LogP contribution < -0.4 is 0 Å². The second kappa shape index (κ2) is 5.38. The molecule has 0 rings (SSSR count). The number of rotatable bonds is 4. The Bertz CT molecular complexity index is 105. The normalized spacial score (nSPS) is 10.0. The van der Waals surface area contributed by atoms with Crippen LogP contribution in [0.5, 0.6) is 0 Å². The zero-order chi connectivity index (χ0) is 7.11. The molecule has 0 aromatic carbocycles. The molecule has 0 saturated carbocycles. The van der Waals surface area contributed by atoms with Gasteiger partial charge in [-0.1, -0.05) is 19.6 Å². The van der Waals surface area contributed by atoms with E-state index in [9.17, 15) is 0 Å². The molecular weight excluding hydrogens is 116 g/mol. The molecule has 0 atom stereocenters. The molecule has 0 spiro atoms. The summed E-state index contributed by atoms with van der Waals surface area (Å²) in [4.78, 5) is 8.91. The van der Waals surface area contributed by atoms with Gasteiger partial charge in [0.15, 0.2) is 5.76 Å². The fourth-order valence-corrected chi connectivity index (χ4v) is 0.384. The smallest absolute Gasteiger partial charge is 0.157 e. The van der Waals surface area contributed by atoms with Gasteiger partial charge in [0.25, 0.3) is 0 Å². The molecule has 2 nitrogen and oxygen atoms in total. The summed E-state index contributed by atoms with van der Waals surface area (Å²) in [7, 11) is 1.45. The molecule has 0 fully saturated rings. The first-order chi connectivity index (χ1) is 4.31. The molecule has 0 aliphatic carbocycles. The summed E-state index contributed by atoms with van der Waals surface area (Å²) < 4.78 is 0. The van der Waals surface area contributed by atoms with Crippen LogP contribution in [0.1, 0.15) is 13.3 Å². The Hall–Kier alpha value is -0.760. The van der Waals surface area contributed by atoms with Crippen molar-refractivity contribution in [2.75, 3.05) is 7.11 Å². The summed E-state index contributed by atoms with van der Waals surface area (Å²) in [5.41, 5.74) is 0. The van der Waals surface area contributed by atoms with Crippen molar-refractivity contribution in [1.82, 2.24) is 0 Å².